The van der Waals surface area contributed by atoms with Gasteiger partial charge in [-0.2, -0.15) is 0 Å². The van der Waals surface area contributed by atoms with Gasteiger partial charge in [-0.05, 0) is 17.7 Å². The predicted molar refractivity (Wildman–Crippen MR) is 72.6 cm³/mol. The van der Waals surface area contributed by atoms with E-state index in [4.69, 9.17) is 14.6 Å². The molecule has 0 spiro atoms. The summed E-state index contributed by atoms with van der Waals surface area (Å²) < 4.78 is 10.0. The smallest absolute Gasteiger partial charge is 0.335 e. The molecule has 1 aromatic rings. The molecule has 0 aromatic heterocycles. The van der Waals surface area contributed by atoms with E-state index < -0.39 is 5.97 Å². The highest BCUT2D eigenvalue weighted by Crippen LogP contribution is 2.04. The summed E-state index contributed by atoms with van der Waals surface area (Å²) >= 11 is 0. The molecule has 0 unspecified atom stereocenters. The van der Waals surface area contributed by atoms with Crippen molar-refractivity contribution in [3.05, 3.63) is 35.4 Å². The second kappa shape index (κ2) is 9.06. The molecular formula is C14H19NO5. The summed E-state index contributed by atoms with van der Waals surface area (Å²) in [6.07, 6.45) is 0.289. The highest BCUT2D eigenvalue weighted by atomic mass is 16.5. The van der Waals surface area contributed by atoms with Gasteiger partial charge in [0.1, 0.15) is 0 Å². The third-order valence-electron chi connectivity index (χ3n) is 2.60. The summed E-state index contributed by atoms with van der Waals surface area (Å²) in [4.78, 5) is 22.2. The SMILES string of the molecule is COCCOCCC(=O)NCc1ccc(C(=O)O)cc1. The molecule has 0 heterocycles. The lowest BCUT2D eigenvalue weighted by molar-refractivity contribution is -0.122. The van der Waals surface area contributed by atoms with E-state index in [1.807, 2.05) is 0 Å². The number of ether oxygens (including phenoxy) is 2. The van der Waals surface area contributed by atoms with Crippen molar-refractivity contribution in [3.8, 4) is 0 Å². The fourth-order valence-electron chi connectivity index (χ4n) is 1.46. The number of carboxylic acid groups (broad SMARTS) is 1. The Kier molecular flexibility index (Phi) is 7.31. The number of aromatic carboxylic acids is 1. The van der Waals surface area contributed by atoms with Gasteiger partial charge in [0, 0.05) is 20.1 Å². The minimum Gasteiger partial charge on any atom is -0.478 e. The second-order valence-electron chi connectivity index (χ2n) is 4.13. The number of methoxy groups -OCH3 is 1. The predicted octanol–water partition coefficient (Wildman–Crippen LogP) is 1.05. The molecule has 0 aliphatic carbocycles. The van der Waals surface area contributed by atoms with Crippen molar-refractivity contribution in [1.29, 1.82) is 0 Å². The van der Waals surface area contributed by atoms with E-state index in [1.54, 1.807) is 19.2 Å². The summed E-state index contributed by atoms with van der Waals surface area (Å²) in [7, 11) is 1.59. The molecule has 6 nitrogen and oxygen atoms in total. The Hall–Kier alpha value is -1.92. The molecule has 110 valence electrons. The van der Waals surface area contributed by atoms with Crippen LogP contribution < -0.4 is 5.32 Å². The highest BCUT2D eigenvalue weighted by molar-refractivity contribution is 5.87. The zero-order valence-corrected chi connectivity index (χ0v) is 11.4. The van der Waals surface area contributed by atoms with Crippen LogP contribution in [0.1, 0.15) is 22.3 Å². The first-order valence-electron chi connectivity index (χ1n) is 6.29. The number of hydrogen-bond donors (Lipinski definition) is 2. The Morgan fingerprint density at radius 3 is 2.45 bits per heavy atom. The second-order valence-corrected chi connectivity index (χ2v) is 4.13. The van der Waals surface area contributed by atoms with Gasteiger partial charge < -0.3 is 19.9 Å². The van der Waals surface area contributed by atoms with E-state index >= 15 is 0 Å². The van der Waals surface area contributed by atoms with Gasteiger partial charge in [-0.25, -0.2) is 4.79 Å². The number of carboxylic acids is 1. The van der Waals surface area contributed by atoms with Gasteiger partial charge >= 0.3 is 5.97 Å². The van der Waals surface area contributed by atoms with Crippen molar-refractivity contribution in [2.24, 2.45) is 0 Å². The van der Waals surface area contributed by atoms with Crippen molar-refractivity contribution < 1.29 is 24.2 Å². The van der Waals surface area contributed by atoms with E-state index in [0.29, 0.717) is 26.4 Å². The van der Waals surface area contributed by atoms with Crippen LogP contribution in [0.2, 0.25) is 0 Å². The van der Waals surface area contributed by atoms with E-state index in [1.165, 1.54) is 12.1 Å². The Morgan fingerprint density at radius 1 is 1.15 bits per heavy atom. The fourth-order valence-corrected chi connectivity index (χ4v) is 1.46. The van der Waals surface area contributed by atoms with Gasteiger partial charge in [-0.15, -0.1) is 0 Å². The van der Waals surface area contributed by atoms with Crippen molar-refractivity contribution in [3.63, 3.8) is 0 Å². The Balaban J connectivity index is 2.22. The molecular weight excluding hydrogens is 262 g/mol. The van der Waals surface area contributed by atoms with Crippen LogP contribution in [0.3, 0.4) is 0 Å². The van der Waals surface area contributed by atoms with Crippen molar-refractivity contribution >= 4 is 11.9 Å². The molecule has 6 heteroatoms. The lowest BCUT2D eigenvalue weighted by Crippen LogP contribution is -2.24. The molecule has 0 fully saturated rings. The quantitative estimate of drug-likeness (QED) is 0.661. The molecule has 0 saturated carbocycles. The number of hydrogen-bond acceptors (Lipinski definition) is 4. The molecule has 0 saturated heterocycles. The molecule has 0 radical (unpaired) electrons. The first kappa shape index (κ1) is 16.1. The number of nitrogens with one attached hydrogen (secondary N) is 1. The number of rotatable bonds is 9. The number of benzene rings is 1. The summed E-state index contributed by atoms with van der Waals surface area (Å²) in [5.41, 5.74) is 1.08. The van der Waals surface area contributed by atoms with E-state index in [2.05, 4.69) is 5.32 Å². The minimum atomic E-state index is -0.964. The van der Waals surface area contributed by atoms with E-state index in [9.17, 15) is 9.59 Å². The molecule has 0 aliphatic rings. The minimum absolute atomic E-state index is 0.107. The van der Waals surface area contributed by atoms with Crippen LogP contribution in [-0.2, 0) is 20.8 Å². The Labute approximate surface area is 117 Å². The molecule has 1 amide bonds. The van der Waals surface area contributed by atoms with Crippen LogP contribution in [0.15, 0.2) is 24.3 Å². The van der Waals surface area contributed by atoms with Crippen LogP contribution in [0, 0.1) is 0 Å². The first-order valence-corrected chi connectivity index (χ1v) is 6.29. The van der Waals surface area contributed by atoms with Crippen molar-refractivity contribution in [1.82, 2.24) is 5.32 Å². The monoisotopic (exact) mass is 281 g/mol. The lowest BCUT2D eigenvalue weighted by Gasteiger charge is -2.06. The standard InChI is InChI=1S/C14H19NO5/c1-19-8-9-20-7-6-13(16)15-10-11-2-4-12(5-3-11)14(17)18/h2-5H,6-10H2,1H3,(H,15,16)(H,17,18). The number of carbonyl (C=O) groups excluding carboxylic acids is 1. The van der Waals surface area contributed by atoms with Crippen LogP contribution in [-0.4, -0.2) is 43.9 Å². The molecule has 1 rings (SSSR count). The number of carbonyl (C=O) groups is 2. The fraction of sp³-hybridized carbons (Fsp3) is 0.429. The molecule has 0 atom stereocenters. The van der Waals surface area contributed by atoms with E-state index in [-0.39, 0.29) is 17.9 Å². The number of amides is 1. The van der Waals surface area contributed by atoms with Crippen LogP contribution in [0.4, 0.5) is 0 Å². The maximum Gasteiger partial charge on any atom is 0.335 e. The third-order valence-corrected chi connectivity index (χ3v) is 2.60. The summed E-state index contributed by atoms with van der Waals surface area (Å²) in [5, 5.41) is 11.5. The van der Waals surface area contributed by atoms with Gasteiger partial charge in [0.05, 0.1) is 25.4 Å². The summed E-state index contributed by atoms with van der Waals surface area (Å²) in [6, 6.07) is 6.38. The Bertz CT molecular complexity index is 430. The highest BCUT2D eigenvalue weighted by Gasteiger charge is 2.04. The normalized spacial score (nSPS) is 10.2. The largest absolute Gasteiger partial charge is 0.478 e. The Morgan fingerprint density at radius 2 is 1.85 bits per heavy atom. The average molecular weight is 281 g/mol. The van der Waals surface area contributed by atoms with Crippen LogP contribution >= 0.6 is 0 Å². The maximum atomic E-state index is 11.5. The van der Waals surface area contributed by atoms with Crippen LogP contribution in [0.25, 0.3) is 0 Å². The summed E-state index contributed by atoms with van der Waals surface area (Å²) in [5.74, 6) is -1.07. The van der Waals surface area contributed by atoms with Crippen LogP contribution in [0.5, 0.6) is 0 Å². The topological polar surface area (TPSA) is 84.9 Å². The van der Waals surface area contributed by atoms with Gasteiger partial charge in [0.25, 0.3) is 0 Å². The van der Waals surface area contributed by atoms with E-state index in [0.717, 1.165) is 5.56 Å². The van der Waals surface area contributed by atoms with Gasteiger partial charge in [0.15, 0.2) is 0 Å². The van der Waals surface area contributed by atoms with Gasteiger partial charge in [-0.1, -0.05) is 12.1 Å². The lowest BCUT2D eigenvalue weighted by atomic mass is 10.1. The summed E-state index contributed by atoms with van der Waals surface area (Å²) in [6.45, 7) is 1.71. The molecule has 1 aromatic carbocycles. The first-order chi connectivity index (χ1) is 9.63. The molecule has 0 aliphatic heterocycles. The zero-order chi connectivity index (χ0) is 14.8. The van der Waals surface area contributed by atoms with Crippen molar-refractivity contribution in [2.45, 2.75) is 13.0 Å². The van der Waals surface area contributed by atoms with Gasteiger partial charge in [0.2, 0.25) is 5.91 Å². The maximum absolute atomic E-state index is 11.5. The molecule has 20 heavy (non-hydrogen) atoms. The van der Waals surface area contributed by atoms with Crippen molar-refractivity contribution in [2.75, 3.05) is 26.9 Å². The zero-order valence-electron chi connectivity index (χ0n) is 11.4. The molecule has 0 bridgehead atoms. The average Bonchev–Trinajstić information content (AvgIpc) is 2.45. The molecule has 2 N–H and O–H groups in total. The third kappa shape index (κ3) is 6.31. The van der Waals surface area contributed by atoms with Gasteiger partial charge in [-0.3, -0.25) is 4.79 Å².